The van der Waals surface area contributed by atoms with Gasteiger partial charge < -0.3 is 16.8 Å². The van der Waals surface area contributed by atoms with E-state index in [0.29, 0.717) is 37.2 Å². The minimum absolute atomic E-state index is 0.132. The molecule has 0 atom stereocenters. The predicted octanol–water partition coefficient (Wildman–Crippen LogP) is -0.0787. The molecule has 1 aliphatic rings. The lowest BCUT2D eigenvalue weighted by atomic mass is 9.95. The van der Waals surface area contributed by atoms with E-state index in [4.69, 9.17) is 11.5 Å². The van der Waals surface area contributed by atoms with Crippen LogP contribution < -0.4 is 16.8 Å². The Kier molecular flexibility index (Phi) is 5.11. The average molecular weight is 304 g/mol. The summed E-state index contributed by atoms with van der Waals surface area (Å²) in [4.78, 5) is 36.5. The molecule has 22 heavy (non-hydrogen) atoms. The lowest BCUT2D eigenvalue weighted by Crippen LogP contribution is -2.42. The van der Waals surface area contributed by atoms with Crippen LogP contribution in [0.1, 0.15) is 23.2 Å². The number of benzene rings is 1. The Morgan fingerprint density at radius 2 is 1.77 bits per heavy atom. The molecule has 1 aromatic rings. The standard InChI is InChI=1S/C15H20N4O3/c16-13(20)9-19-7-5-10(6-8-19)15(22)18-12-4-2-1-3-11(12)14(17)21/h1-4,10H,5-9H2,(H2,16,20)(H2,17,21)(H,18,22). The number of hydrogen-bond donors (Lipinski definition) is 3. The Hall–Kier alpha value is -2.41. The number of rotatable bonds is 5. The molecule has 2 rings (SSSR count). The van der Waals surface area contributed by atoms with E-state index in [1.54, 1.807) is 24.3 Å². The Bertz CT molecular complexity index is 580. The smallest absolute Gasteiger partial charge is 0.250 e. The zero-order valence-corrected chi connectivity index (χ0v) is 12.2. The van der Waals surface area contributed by atoms with Crippen LogP contribution in [0.4, 0.5) is 5.69 Å². The molecule has 5 N–H and O–H groups in total. The molecule has 0 aromatic heterocycles. The molecule has 0 aliphatic carbocycles. The molecule has 3 amide bonds. The van der Waals surface area contributed by atoms with Crippen LogP contribution in [0.25, 0.3) is 0 Å². The van der Waals surface area contributed by atoms with Crippen molar-refractivity contribution in [1.82, 2.24) is 4.90 Å². The van der Waals surface area contributed by atoms with Crippen molar-refractivity contribution in [2.45, 2.75) is 12.8 Å². The van der Waals surface area contributed by atoms with Crippen molar-refractivity contribution in [1.29, 1.82) is 0 Å². The lowest BCUT2D eigenvalue weighted by molar-refractivity contribution is -0.122. The van der Waals surface area contributed by atoms with Crippen LogP contribution in [0.5, 0.6) is 0 Å². The quantitative estimate of drug-likeness (QED) is 0.705. The van der Waals surface area contributed by atoms with E-state index in [1.165, 1.54) is 0 Å². The van der Waals surface area contributed by atoms with Gasteiger partial charge in [-0.2, -0.15) is 0 Å². The monoisotopic (exact) mass is 304 g/mol. The third kappa shape index (κ3) is 4.05. The van der Waals surface area contributed by atoms with Crippen molar-refractivity contribution in [3.63, 3.8) is 0 Å². The summed E-state index contributed by atoms with van der Waals surface area (Å²) in [6, 6.07) is 6.66. The maximum Gasteiger partial charge on any atom is 0.250 e. The zero-order valence-electron chi connectivity index (χ0n) is 12.2. The number of carbonyl (C=O) groups excluding carboxylic acids is 3. The fourth-order valence-electron chi connectivity index (χ4n) is 2.62. The highest BCUT2D eigenvalue weighted by Crippen LogP contribution is 2.21. The van der Waals surface area contributed by atoms with Gasteiger partial charge in [0.05, 0.1) is 17.8 Å². The van der Waals surface area contributed by atoms with Crippen LogP contribution in [0, 0.1) is 5.92 Å². The largest absolute Gasteiger partial charge is 0.369 e. The first-order chi connectivity index (χ1) is 10.5. The third-order valence-corrected chi connectivity index (χ3v) is 3.79. The number of hydrogen-bond acceptors (Lipinski definition) is 4. The van der Waals surface area contributed by atoms with Crippen LogP contribution in [0.3, 0.4) is 0 Å². The van der Waals surface area contributed by atoms with E-state index in [1.807, 2.05) is 4.90 Å². The van der Waals surface area contributed by atoms with Gasteiger partial charge in [-0.25, -0.2) is 0 Å². The maximum atomic E-state index is 12.3. The summed E-state index contributed by atoms with van der Waals surface area (Å²) >= 11 is 0. The fourth-order valence-corrected chi connectivity index (χ4v) is 2.62. The number of nitrogens with one attached hydrogen (secondary N) is 1. The van der Waals surface area contributed by atoms with Crippen molar-refractivity contribution in [3.8, 4) is 0 Å². The number of para-hydroxylation sites is 1. The Labute approximate surface area is 128 Å². The first-order valence-corrected chi connectivity index (χ1v) is 7.17. The van der Waals surface area contributed by atoms with Crippen LogP contribution in [-0.2, 0) is 9.59 Å². The Morgan fingerprint density at radius 3 is 2.36 bits per heavy atom. The van der Waals surface area contributed by atoms with Gasteiger partial charge in [0.1, 0.15) is 0 Å². The van der Waals surface area contributed by atoms with E-state index >= 15 is 0 Å². The van der Waals surface area contributed by atoms with Gasteiger partial charge in [-0.1, -0.05) is 12.1 Å². The number of nitrogens with two attached hydrogens (primary N) is 2. The number of amides is 3. The molecule has 1 fully saturated rings. The second-order valence-electron chi connectivity index (χ2n) is 5.42. The van der Waals surface area contributed by atoms with E-state index in [2.05, 4.69) is 5.32 Å². The van der Waals surface area contributed by atoms with Gasteiger partial charge in [-0.05, 0) is 38.1 Å². The van der Waals surface area contributed by atoms with Gasteiger partial charge in [-0.3, -0.25) is 19.3 Å². The minimum Gasteiger partial charge on any atom is -0.369 e. The molecule has 7 heteroatoms. The first kappa shape index (κ1) is 16.0. The van der Waals surface area contributed by atoms with Crippen molar-refractivity contribution < 1.29 is 14.4 Å². The zero-order chi connectivity index (χ0) is 16.1. The highest BCUT2D eigenvalue weighted by molar-refractivity contribution is 6.03. The highest BCUT2D eigenvalue weighted by atomic mass is 16.2. The first-order valence-electron chi connectivity index (χ1n) is 7.17. The van der Waals surface area contributed by atoms with E-state index < -0.39 is 5.91 Å². The summed E-state index contributed by atoms with van der Waals surface area (Å²) < 4.78 is 0. The van der Waals surface area contributed by atoms with Gasteiger partial charge in [0.2, 0.25) is 11.8 Å². The third-order valence-electron chi connectivity index (χ3n) is 3.79. The number of carbonyl (C=O) groups is 3. The van der Waals surface area contributed by atoms with Gasteiger partial charge in [-0.15, -0.1) is 0 Å². The van der Waals surface area contributed by atoms with Crippen molar-refractivity contribution in [3.05, 3.63) is 29.8 Å². The number of primary amides is 2. The molecule has 1 saturated heterocycles. The van der Waals surface area contributed by atoms with Crippen LogP contribution in [0.2, 0.25) is 0 Å². The molecule has 0 unspecified atom stereocenters. The molecule has 118 valence electrons. The second kappa shape index (κ2) is 7.04. The molecule has 1 aromatic carbocycles. The summed E-state index contributed by atoms with van der Waals surface area (Å²) in [6.45, 7) is 1.52. The van der Waals surface area contributed by atoms with Crippen molar-refractivity contribution in [2.24, 2.45) is 17.4 Å². The summed E-state index contributed by atoms with van der Waals surface area (Å²) in [5.74, 6) is -1.22. The van der Waals surface area contributed by atoms with Crippen LogP contribution >= 0.6 is 0 Å². The fraction of sp³-hybridized carbons (Fsp3) is 0.400. The number of nitrogens with zero attached hydrogens (tertiary/aromatic N) is 1. The SMILES string of the molecule is NC(=O)CN1CCC(C(=O)Nc2ccccc2C(N)=O)CC1. The van der Waals surface area contributed by atoms with Crippen LogP contribution in [0.15, 0.2) is 24.3 Å². The van der Waals surface area contributed by atoms with Crippen molar-refractivity contribution >= 4 is 23.4 Å². The summed E-state index contributed by atoms with van der Waals surface area (Å²) in [7, 11) is 0. The van der Waals surface area contributed by atoms with Gasteiger partial charge in [0.15, 0.2) is 0 Å². The molecular formula is C15H20N4O3. The van der Waals surface area contributed by atoms with E-state index in [9.17, 15) is 14.4 Å². The lowest BCUT2D eigenvalue weighted by Gasteiger charge is -2.30. The Balaban J connectivity index is 1.94. The molecule has 0 bridgehead atoms. The molecule has 0 spiro atoms. The molecule has 0 radical (unpaired) electrons. The molecular weight excluding hydrogens is 284 g/mol. The van der Waals surface area contributed by atoms with E-state index in [-0.39, 0.29) is 24.3 Å². The van der Waals surface area contributed by atoms with Gasteiger partial charge in [0, 0.05) is 5.92 Å². The van der Waals surface area contributed by atoms with Crippen LogP contribution in [-0.4, -0.2) is 42.3 Å². The van der Waals surface area contributed by atoms with Crippen molar-refractivity contribution in [2.75, 3.05) is 25.0 Å². The minimum atomic E-state index is -0.577. The molecule has 7 nitrogen and oxygen atoms in total. The number of piperidine rings is 1. The van der Waals surface area contributed by atoms with E-state index in [0.717, 1.165) is 0 Å². The summed E-state index contributed by atoms with van der Waals surface area (Å²) in [5.41, 5.74) is 11.2. The summed E-state index contributed by atoms with van der Waals surface area (Å²) in [6.07, 6.45) is 1.30. The summed E-state index contributed by atoms with van der Waals surface area (Å²) in [5, 5.41) is 2.77. The predicted molar refractivity (Wildman–Crippen MR) is 81.9 cm³/mol. The Morgan fingerprint density at radius 1 is 1.14 bits per heavy atom. The molecule has 1 aliphatic heterocycles. The molecule has 1 heterocycles. The maximum absolute atomic E-state index is 12.3. The number of likely N-dealkylation sites (tertiary alicyclic amines) is 1. The second-order valence-corrected chi connectivity index (χ2v) is 5.42. The normalized spacial score (nSPS) is 16.2. The average Bonchev–Trinajstić information content (AvgIpc) is 2.47. The highest BCUT2D eigenvalue weighted by Gasteiger charge is 2.26. The molecule has 0 saturated carbocycles. The van der Waals surface area contributed by atoms with Gasteiger partial charge in [0.25, 0.3) is 5.91 Å². The van der Waals surface area contributed by atoms with Gasteiger partial charge >= 0.3 is 0 Å². The topological polar surface area (TPSA) is 119 Å². The number of anilines is 1.